The van der Waals surface area contributed by atoms with Gasteiger partial charge in [-0.2, -0.15) is 0 Å². The summed E-state index contributed by atoms with van der Waals surface area (Å²) in [5, 5.41) is 12.0. The number of aromatic nitrogens is 1. The van der Waals surface area contributed by atoms with Crippen LogP contribution in [-0.4, -0.2) is 35.1 Å². The van der Waals surface area contributed by atoms with Gasteiger partial charge in [0, 0.05) is 24.0 Å². The number of aryl methyl sites for hydroxylation is 1. The molecule has 0 aliphatic carbocycles. The summed E-state index contributed by atoms with van der Waals surface area (Å²) < 4.78 is 10.9. The van der Waals surface area contributed by atoms with Gasteiger partial charge in [-0.15, -0.1) is 0 Å². The Morgan fingerprint density at radius 2 is 2.19 bits per heavy atom. The lowest BCUT2D eigenvalue weighted by Crippen LogP contribution is -2.12. The summed E-state index contributed by atoms with van der Waals surface area (Å²) in [4.78, 5) is 27.0. The van der Waals surface area contributed by atoms with E-state index in [9.17, 15) is 9.59 Å². The van der Waals surface area contributed by atoms with Crippen LogP contribution in [0.1, 0.15) is 11.3 Å². The predicted octanol–water partition coefficient (Wildman–Crippen LogP) is 2.32. The van der Waals surface area contributed by atoms with Crippen LogP contribution >= 0.6 is 0 Å². The van der Waals surface area contributed by atoms with Crippen LogP contribution in [-0.2, 0) is 20.7 Å². The smallest absolute Gasteiger partial charge is 0.344 e. The molecule has 7 heteroatoms. The number of ketones is 1. The van der Waals surface area contributed by atoms with E-state index in [1.165, 1.54) is 0 Å². The molecule has 0 bridgehead atoms. The number of rotatable bonds is 7. The van der Waals surface area contributed by atoms with Crippen LogP contribution in [0, 0.1) is 6.92 Å². The SMILES string of the molecule is Cc1cc(OCCc2ccccn2)ccc1NC1=C(C(=O)O)C(=O)CO1. The lowest BCUT2D eigenvalue weighted by atomic mass is 10.1. The quantitative estimate of drug-likeness (QED) is 0.736. The highest BCUT2D eigenvalue weighted by molar-refractivity contribution is 6.19. The highest BCUT2D eigenvalue weighted by Gasteiger charge is 2.31. The van der Waals surface area contributed by atoms with E-state index in [1.54, 1.807) is 18.3 Å². The zero-order chi connectivity index (χ0) is 18.5. The minimum atomic E-state index is -1.30. The van der Waals surface area contributed by atoms with Crippen molar-refractivity contribution in [2.75, 3.05) is 18.5 Å². The zero-order valence-corrected chi connectivity index (χ0v) is 14.2. The number of aliphatic carboxylic acids is 1. The van der Waals surface area contributed by atoms with Crippen LogP contribution in [0.3, 0.4) is 0 Å². The van der Waals surface area contributed by atoms with E-state index in [1.807, 2.05) is 31.2 Å². The number of anilines is 1. The number of carbonyl (C=O) groups excluding carboxylic acids is 1. The number of carboxylic acid groups (broad SMARTS) is 1. The molecule has 7 nitrogen and oxygen atoms in total. The fourth-order valence-corrected chi connectivity index (χ4v) is 2.53. The summed E-state index contributed by atoms with van der Waals surface area (Å²) in [6.07, 6.45) is 2.44. The first-order valence-electron chi connectivity index (χ1n) is 8.08. The van der Waals surface area contributed by atoms with Crippen molar-refractivity contribution in [1.82, 2.24) is 4.98 Å². The van der Waals surface area contributed by atoms with E-state index in [0.717, 1.165) is 11.3 Å². The molecule has 0 radical (unpaired) electrons. The van der Waals surface area contributed by atoms with Gasteiger partial charge in [-0.3, -0.25) is 9.78 Å². The Morgan fingerprint density at radius 1 is 1.35 bits per heavy atom. The van der Waals surface area contributed by atoms with Crippen molar-refractivity contribution in [3.63, 3.8) is 0 Å². The number of nitrogens with zero attached hydrogens (tertiary/aromatic N) is 1. The molecule has 0 unspecified atom stereocenters. The van der Waals surface area contributed by atoms with Gasteiger partial charge in [0.1, 0.15) is 5.75 Å². The number of pyridine rings is 1. The second-order valence-electron chi connectivity index (χ2n) is 5.74. The van der Waals surface area contributed by atoms with Gasteiger partial charge >= 0.3 is 5.97 Å². The Bertz CT molecular complexity index is 861. The van der Waals surface area contributed by atoms with Gasteiger partial charge in [-0.1, -0.05) is 6.07 Å². The van der Waals surface area contributed by atoms with Crippen LogP contribution < -0.4 is 10.1 Å². The van der Waals surface area contributed by atoms with Crippen molar-refractivity contribution in [3.05, 3.63) is 65.3 Å². The molecule has 2 heterocycles. The molecule has 0 fully saturated rings. The van der Waals surface area contributed by atoms with Crippen LogP contribution in [0.15, 0.2) is 54.1 Å². The Balaban J connectivity index is 1.64. The van der Waals surface area contributed by atoms with Gasteiger partial charge in [-0.05, 0) is 42.8 Å². The lowest BCUT2D eigenvalue weighted by molar-refractivity contribution is -0.134. The molecule has 0 spiro atoms. The summed E-state index contributed by atoms with van der Waals surface area (Å²) in [6.45, 7) is 2.08. The Kier molecular flexibility index (Phi) is 5.17. The second kappa shape index (κ2) is 7.69. The third-order valence-corrected chi connectivity index (χ3v) is 3.87. The molecule has 1 aliphatic heterocycles. The minimum Gasteiger partial charge on any atom is -0.493 e. The van der Waals surface area contributed by atoms with E-state index < -0.39 is 11.8 Å². The van der Waals surface area contributed by atoms with Gasteiger partial charge in [0.25, 0.3) is 0 Å². The van der Waals surface area contributed by atoms with E-state index in [0.29, 0.717) is 24.5 Å². The van der Waals surface area contributed by atoms with Crippen LogP contribution in [0.2, 0.25) is 0 Å². The fourth-order valence-electron chi connectivity index (χ4n) is 2.53. The van der Waals surface area contributed by atoms with E-state index in [4.69, 9.17) is 14.6 Å². The Morgan fingerprint density at radius 3 is 2.88 bits per heavy atom. The lowest BCUT2D eigenvalue weighted by Gasteiger charge is -2.13. The molecule has 0 atom stereocenters. The van der Waals surface area contributed by atoms with Gasteiger partial charge in [0.2, 0.25) is 11.7 Å². The van der Waals surface area contributed by atoms with Crippen LogP contribution in [0.5, 0.6) is 5.75 Å². The molecular weight excluding hydrogens is 336 g/mol. The maximum atomic E-state index is 11.6. The molecule has 3 rings (SSSR count). The normalized spacial score (nSPS) is 13.5. The Hall–Kier alpha value is -3.35. The largest absolute Gasteiger partial charge is 0.493 e. The number of benzene rings is 1. The first-order chi connectivity index (χ1) is 12.5. The molecule has 134 valence electrons. The van der Waals surface area contributed by atoms with Crippen LogP contribution in [0.4, 0.5) is 5.69 Å². The summed E-state index contributed by atoms with van der Waals surface area (Å²) in [5.74, 6) is -1.19. The minimum absolute atomic E-state index is 0.0329. The first kappa shape index (κ1) is 17.5. The van der Waals surface area contributed by atoms with Crippen molar-refractivity contribution in [1.29, 1.82) is 0 Å². The number of nitrogens with one attached hydrogen (secondary N) is 1. The summed E-state index contributed by atoms with van der Waals surface area (Å²) in [5.41, 5.74) is 2.07. The van der Waals surface area contributed by atoms with Gasteiger partial charge in [0.05, 0.1) is 6.61 Å². The molecule has 2 aromatic rings. The number of hydrogen-bond acceptors (Lipinski definition) is 6. The molecule has 1 aromatic heterocycles. The number of carboxylic acids is 1. The average Bonchev–Trinajstić information content (AvgIpc) is 2.99. The molecule has 0 amide bonds. The number of hydrogen-bond donors (Lipinski definition) is 2. The molecule has 26 heavy (non-hydrogen) atoms. The maximum Gasteiger partial charge on any atom is 0.344 e. The van der Waals surface area contributed by atoms with Crippen molar-refractivity contribution in [3.8, 4) is 5.75 Å². The summed E-state index contributed by atoms with van der Waals surface area (Å²) >= 11 is 0. The van der Waals surface area contributed by atoms with E-state index in [2.05, 4.69) is 10.3 Å². The molecule has 0 saturated carbocycles. The van der Waals surface area contributed by atoms with E-state index in [-0.39, 0.29) is 18.1 Å². The summed E-state index contributed by atoms with van der Waals surface area (Å²) in [7, 11) is 0. The number of ether oxygens (including phenoxy) is 2. The number of Topliss-reactive ketones (excluding diaryl/α,β-unsaturated/α-hetero) is 1. The molecular formula is C19H18N2O5. The monoisotopic (exact) mass is 354 g/mol. The fraction of sp³-hybridized carbons (Fsp3) is 0.211. The molecule has 0 saturated heterocycles. The third kappa shape index (κ3) is 4.00. The molecule has 2 N–H and O–H groups in total. The van der Waals surface area contributed by atoms with Gasteiger partial charge < -0.3 is 19.9 Å². The predicted molar refractivity (Wildman–Crippen MR) is 93.9 cm³/mol. The van der Waals surface area contributed by atoms with E-state index >= 15 is 0 Å². The zero-order valence-electron chi connectivity index (χ0n) is 14.2. The topological polar surface area (TPSA) is 97.8 Å². The van der Waals surface area contributed by atoms with Crippen LogP contribution in [0.25, 0.3) is 0 Å². The maximum absolute atomic E-state index is 11.6. The van der Waals surface area contributed by atoms with Crippen molar-refractivity contribution in [2.45, 2.75) is 13.3 Å². The second-order valence-corrected chi connectivity index (χ2v) is 5.74. The highest BCUT2D eigenvalue weighted by Crippen LogP contribution is 2.25. The third-order valence-electron chi connectivity index (χ3n) is 3.87. The summed E-state index contributed by atoms with van der Waals surface area (Å²) in [6, 6.07) is 11.1. The van der Waals surface area contributed by atoms with Crippen molar-refractivity contribution in [2.24, 2.45) is 0 Å². The average molecular weight is 354 g/mol. The molecule has 1 aromatic carbocycles. The number of carbonyl (C=O) groups is 2. The highest BCUT2D eigenvalue weighted by atomic mass is 16.5. The van der Waals surface area contributed by atoms with Crippen molar-refractivity contribution < 1.29 is 24.2 Å². The van der Waals surface area contributed by atoms with Crippen molar-refractivity contribution >= 4 is 17.4 Å². The molecule has 1 aliphatic rings. The Labute approximate surface area is 150 Å². The first-order valence-corrected chi connectivity index (χ1v) is 8.08. The van der Waals surface area contributed by atoms with Gasteiger partial charge in [-0.25, -0.2) is 4.79 Å². The van der Waals surface area contributed by atoms with Gasteiger partial charge in [0.15, 0.2) is 12.2 Å². The standard InChI is InChI=1S/C19H18N2O5/c1-12-10-14(25-9-7-13-4-2-3-8-20-13)5-6-15(12)21-18-17(19(23)24)16(22)11-26-18/h2-6,8,10,21H,7,9,11H2,1H3,(H,23,24).